The molecule has 0 nitrogen and oxygen atoms in total. The van der Waals surface area contributed by atoms with Crippen LogP contribution in [0.5, 0.6) is 0 Å². The Morgan fingerprint density at radius 2 is 2.00 bits per heavy atom. The normalized spacial score (nSPS) is 40.7. The predicted octanol–water partition coefficient (Wildman–Crippen LogP) is 4.66. The van der Waals surface area contributed by atoms with Gasteiger partial charge in [-0.25, -0.2) is 0 Å². The highest BCUT2D eigenvalue weighted by Gasteiger charge is 2.48. The van der Waals surface area contributed by atoms with Gasteiger partial charge in [-0.2, -0.15) is 0 Å². The van der Waals surface area contributed by atoms with Crippen LogP contribution in [-0.2, 0) is 0 Å². The molecule has 2 rings (SSSR count). The molecule has 5 unspecified atom stereocenters. The summed E-state index contributed by atoms with van der Waals surface area (Å²) < 4.78 is 0. The lowest BCUT2D eigenvalue weighted by Crippen LogP contribution is -2.33. The second-order valence-electron chi connectivity index (χ2n) is 5.83. The van der Waals surface area contributed by atoms with E-state index < -0.39 is 0 Å². The molecule has 2 aliphatic rings. The first-order valence-corrected chi connectivity index (χ1v) is 6.84. The molecule has 5 atom stereocenters. The SMILES string of the molecule is C=C(C)C1CC1C(CC)C1CCC1CC. The average molecular weight is 206 g/mol. The maximum Gasteiger partial charge on any atom is -0.0174 e. The van der Waals surface area contributed by atoms with E-state index >= 15 is 0 Å². The Hall–Kier alpha value is -0.260. The number of rotatable bonds is 5. The Morgan fingerprint density at radius 3 is 2.33 bits per heavy atom. The summed E-state index contributed by atoms with van der Waals surface area (Å²) in [7, 11) is 0. The van der Waals surface area contributed by atoms with Crippen LogP contribution in [0.3, 0.4) is 0 Å². The Kier molecular flexibility index (Phi) is 3.23. The molecule has 0 aromatic carbocycles. The van der Waals surface area contributed by atoms with Gasteiger partial charge in [-0.15, -0.1) is 0 Å². The third kappa shape index (κ3) is 2.00. The van der Waals surface area contributed by atoms with E-state index in [-0.39, 0.29) is 0 Å². The van der Waals surface area contributed by atoms with Crippen molar-refractivity contribution < 1.29 is 0 Å². The molecule has 0 radical (unpaired) electrons. The lowest BCUT2D eigenvalue weighted by Gasteiger charge is -2.42. The zero-order valence-corrected chi connectivity index (χ0v) is 10.6. The highest BCUT2D eigenvalue weighted by atomic mass is 14.5. The fourth-order valence-corrected chi connectivity index (χ4v) is 3.84. The third-order valence-corrected chi connectivity index (χ3v) is 5.04. The molecular weight excluding hydrogens is 180 g/mol. The van der Waals surface area contributed by atoms with Crippen LogP contribution in [0.1, 0.15) is 52.9 Å². The van der Waals surface area contributed by atoms with Crippen molar-refractivity contribution in [1.82, 2.24) is 0 Å². The minimum atomic E-state index is 0.882. The quantitative estimate of drug-likeness (QED) is 0.574. The van der Waals surface area contributed by atoms with Gasteiger partial charge in [0.1, 0.15) is 0 Å². The highest BCUT2D eigenvalue weighted by molar-refractivity contribution is 5.11. The standard InChI is InChI=1S/C15H26/c1-5-11-7-8-13(11)12(6-2)15-9-14(15)10(3)4/h11-15H,3,5-9H2,1-2,4H3. The van der Waals surface area contributed by atoms with Crippen molar-refractivity contribution in [2.45, 2.75) is 52.9 Å². The summed E-state index contributed by atoms with van der Waals surface area (Å²) >= 11 is 0. The fraction of sp³-hybridized carbons (Fsp3) is 0.867. The number of allylic oxidation sites excluding steroid dienone is 1. The molecule has 15 heavy (non-hydrogen) atoms. The zero-order chi connectivity index (χ0) is 11.0. The Balaban J connectivity index is 1.91. The van der Waals surface area contributed by atoms with Crippen LogP contribution >= 0.6 is 0 Å². The molecular formula is C15H26. The maximum atomic E-state index is 4.13. The second kappa shape index (κ2) is 4.31. The summed E-state index contributed by atoms with van der Waals surface area (Å²) in [6.45, 7) is 11.1. The molecule has 86 valence electrons. The summed E-state index contributed by atoms with van der Waals surface area (Å²) in [5.41, 5.74) is 1.44. The van der Waals surface area contributed by atoms with Gasteiger partial charge in [0, 0.05) is 0 Å². The lowest BCUT2D eigenvalue weighted by atomic mass is 9.63. The first kappa shape index (κ1) is 11.2. The van der Waals surface area contributed by atoms with E-state index in [1.807, 2.05) is 0 Å². The van der Waals surface area contributed by atoms with Crippen molar-refractivity contribution in [3.05, 3.63) is 12.2 Å². The van der Waals surface area contributed by atoms with Gasteiger partial charge in [0.05, 0.1) is 0 Å². The van der Waals surface area contributed by atoms with Crippen LogP contribution in [0.4, 0.5) is 0 Å². The molecule has 0 spiro atoms. The van der Waals surface area contributed by atoms with Crippen molar-refractivity contribution in [3.63, 3.8) is 0 Å². The van der Waals surface area contributed by atoms with Crippen molar-refractivity contribution in [3.8, 4) is 0 Å². The number of hydrogen-bond donors (Lipinski definition) is 0. The number of hydrogen-bond acceptors (Lipinski definition) is 0. The van der Waals surface area contributed by atoms with Gasteiger partial charge < -0.3 is 0 Å². The first-order chi connectivity index (χ1) is 7.19. The minimum absolute atomic E-state index is 0.882. The molecule has 0 heterocycles. The maximum absolute atomic E-state index is 4.13. The highest BCUT2D eigenvalue weighted by Crippen LogP contribution is 2.56. The Morgan fingerprint density at radius 1 is 1.27 bits per heavy atom. The van der Waals surface area contributed by atoms with Crippen molar-refractivity contribution in [2.75, 3.05) is 0 Å². The summed E-state index contributed by atoms with van der Waals surface area (Å²) in [5.74, 6) is 5.03. The topological polar surface area (TPSA) is 0 Å². The molecule has 0 aromatic heterocycles. The van der Waals surface area contributed by atoms with Gasteiger partial charge >= 0.3 is 0 Å². The van der Waals surface area contributed by atoms with Crippen LogP contribution in [0.2, 0.25) is 0 Å². The van der Waals surface area contributed by atoms with Crippen LogP contribution in [-0.4, -0.2) is 0 Å². The molecule has 0 amide bonds. The molecule has 0 bridgehead atoms. The van der Waals surface area contributed by atoms with Crippen LogP contribution in [0.15, 0.2) is 12.2 Å². The molecule has 0 N–H and O–H groups in total. The van der Waals surface area contributed by atoms with Crippen LogP contribution in [0.25, 0.3) is 0 Å². The molecule has 0 aliphatic heterocycles. The average Bonchev–Trinajstić information content (AvgIpc) is 2.92. The Bertz CT molecular complexity index is 238. The van der Waals surface area contributed by atoms with E-state index in [4.69, 9.17) is 0 Å². The Labute approximate surface area is 95.1 Å². The minimum Gasteiger partial charge on any atom is -0.0999 e. The fourth-order valence-electron chi connectivity index (χ4n) is 3.84. The summed E-state index contributed by atoms with van der Waals surface area (Å²) in [5, 5.41) is 0. The predicted molar refractivity (Wildman–Crippen MR) is 66.7 cm³/mol. The monoisotopic (exact) mass is 206 g/mol. The van der Waals surface area contributed by atoms with Gasteiger partial charge in [-0.1, -0.05) is 38.8 Å². The van der Waals surface area contributed by atoms with Gasteiger partial charge in [0.15, 0.2) is 0 Å². The van der Waals surface area contributed by atoms with Crippen molar-refractivity contribution >= 4 is 0 Å². The van der Waals surface area contributed by atoms with Crippen LogP contribution < -0.4 is 0 Å². The van der Waals surface area contributed by atoms with Crippen molar-refractivity contribution in [1.29, 1.82) is 0 Å². The van der Waals surface area contributed by atoms with E-state index in [0.717, 1.165) is 29.6 Å². The van der Waals surface area contributed by atoms with E-state index in [2.05, 4.69) is 27.4 Å². The molecule has 0 heteroatoms. The van der Waals surface area contributed by atoms with E-state index in [1.54, 1.807) is 0 Å². The lowest BCUT2D eigenvalue weighted by molar-refractivity contribution is 0.0818. The molecule has 0 aromatic rings. The van der Waals surface area contributed by atoms with Gasteiger partial charge in [0.25, 0.3) is 0 Å². The summed E-state index contributed by atoms with van der Waals surface area (Å²) in [6, 6.07) is 0. The molecule has 2 aliphatic carbocycles. The zero-order valence-electron chi connectivity index (χ0n) is 10.6. The van der Waals surface area contributed by atoms with Crippen molar-refractivity contribution in [2.24, 2.45) is 29.6 Å². The smallest absolute Gasteiger partial charge is 0.0174 e. The second-order valence-corrected chi connectivity index (χ2v) is 5.83. The van der Waals surface area contributed by atoms with E-state index in [0.29, 0.717) is 0 Å². The molecule has 0 saturated heterocycles. The summed E-state index contributed by atoms with van der Waals surface area (Å²) in [6.07, 6.45) is 7.26. The molecule has 2 fully saturated rings. The largest absolute Gasteiger partial charge is 0.0999 e. The van der Waals surface area contributed by atoms with Gasteiger partial charge in [-0.3, -0.25) is 0 Å². The van der Waals surface area contributed by atoms with E-state index in [9.17, 15) is 0 Å². The van der Waals surface area contributed by atoms with Crippen LogP contribution in [0, 0.1) is 29.6 Å². The van der Waals surface area contributed by atoms with Gasteiger partial charge in [-0.05, 0) is 55.8 Å². The van der Waals surface area contributed by atoms with Gasteiger partial charge in [0.2, 0.25) is 0 Å². The molecule has 2 saturated carbocycles. The summed E-state index contributed by atoms with van der Waals surface area (Å²) in [4.78, 5) is 0. The third-order valence-electron chi connectivity index (χ3n) is 5.04. The van der Waals surface area contributed by atoms with E-state index in [1.165, 1.54) is 37.7 Å². The first-order valence-electron chi connectivity index (χ1n) is 6.84.